The lowest BCUT2D eigenvalue weighted by molar-refractivity contribution is -0.120. The van der Waals surface area contributed by atoms with Gasteiger partial charge in [0, 0.05) is 30.9 Å². The lowest BCUT2D eigenvalue weighted by Gasteiger charge is -2.37. The van der Waals surface area contributed by atoms with Crippen molar-refractivity contribution in [3.8, 4) is 34.1 Å². The number of esters is 2. The molecule has 0 N–H and O–H groups in total. The van der Waals surface area contributed by atoms with Gasteiger partial charge in [0.25, 0.3) is 0 Å². The molecule has 10 heteroatoms. The Morgan fingerprint density at radius 2 is 0.944 bits per heavy atom. The molecule has 6 aromatic rings. The number of halogens is 2. The molecule has 54 heavy (non-hydrogen) atoms. The Morgan fingerprint density at radius 1 is 0.556 bits per heavy atom. The molecule has 2 saturated heterocycles. The second kappa shape index (κ2) is 14.8. The Kier molecular flexibility index (Phi) is 9.95. The summed E-state index contributed by atoms with van der Waals surface area (Å²) in [7, 11) is 0. The van der Waals surface area contributed by atoms with Gasteiger partial charge in [-0.05, 0) is 106 Å². The van der Waals surface area contributed by atoms with Crippen molar-refractivity contribution in [1.29, 1.82) is 0 Å². The first-order chi connectivity index (χ1) is 26.0. The van der Waals surface area contributed by atoms with Gasteiger partial charge < -0.3 is 28.4 Å². The van der Waals surface area contributed by atoms with Crippen molar-refractivity contribution < 1.29 is 38.0 Å². The SMILES string of the molecule is CC1(COc2ccc(C(=O)Oc3ccc4cc(Br)ccc4c3-c3c(OC(=O)c4ccc(OCC5(C)COC5)cc4)ccc4cc(Br)ccc34)cc2)COC1. The van der Waals surface area contributed by atoms with Crippen LogP contribution in [0.15, 0.2) is 118 Å². The van der Waals surface area contributed by atoms with E-state index >= 15 is 0 Å². The molecule has 0 bridgehead atoms. The number of carbonyl (C=O) groups excluding carboxylic acids is 2. The summed E-state index contributed by atoms with van der Waals surface area (Å²) in [6, 6.07) is 33.0. The van der Waals surface area contributed by atoms with E-state index in [-0.39, 0.29) is 10.8 Å². The van der Waals surface area contributed by atoms with E-state index in [1.54, 1.807) is 60.7 Å². The maximum Gasteiger partial charge on any atom is 0.343 e. The lowest BCUT2D eigenvalue weighted by atomic mass is 9.90. The summed E-state index contributed by atoms with van der Waals surface area (Å²) in [6.45, 7) is 7.93. The van der Waals surface area contributed by atoms with Crippen LogP contribution in [0.2, 0.25) is 0 Å². The maximum absolute atomic E-state index is 13.8. The summed E-state index contributed by atoms with van der Waals surface area (Å²) < 4.78 is 36.8. The molecule has 274 valence electrons. The summed E-state index contributed by atoms with van der Waals surface area (Å²) in [5, 5.41) is 3.41. The second-order valence-corrected chi connectivity index (χ2v) is 16.5. The number of ether oxygens (including phenoxy) is 6. The van der Waals surface area contributed by atoms with Gasteiger partial charge in [0.05, 0.1) is 50.8 Å². The number of carbonyl (C=O) groups is 2. The quantitative estimate of drug-likeness (QED) is 0.0941. The predicted octanol–water partition coefficient (Wildman–Crippen LogP) is 10.5. The lowest BCUT2D eigenvalue weighted by Crippen LogP contribution is -2.44. The zero-order valence-electron chi connectivity index (χ0n) is 29.7. The summed E-state index contributed by atoms with van der Waals surface area (Å²) in [5.74, 6) is 0.860. The van der Waals surface area contributed by atoms with Crippen molar-refractivity contribution in [2.45, 2.75) is 13.8 Å². The third-order valence-corrected chi connectivity index (χ3v) is 10.7. The zero-order chi connectivity index (χ0) is 37.5. The highest BCUT2D eigenvalue weighted by molar-refractivity contribution is 9.10. The molecule has 0 unspecified atom stereocenters. The molecule has 0 radical (unpaired) electrons. The van der Waals surface area contributed by atoms with Crippen molar-refractivity contribution in [2.75, 3.05) is 39.6 Å². The molecule has 0 amide bonds. The van der Waals surface area contributed by atoms with E-state index in [1.807, 2.05) is 48.5 Å². The minimum Gasteiger partial charge on any atom is -0.493 e. The first-order valence-corrected chi connectivity index (χ1v) is 19.1. The van der Waals surface area contributed by atoms with Gasteiger partial charge in [-0.3, -0.25) is 0 Å². The van der Waals surface area contributed by atoms with Gasteiger partial charge in [0.15, 0.2) is 0 Å². The number of fused-ring (bicyclic) bond motifs is 2. The fraction of sp³-hybridized carbons (Fsp3) is 0.227. The topological polar surface area (TPSA) is 89.5 Å². The van der Waals surface area contributed by atoms with E-state index in [0.717, 1.165) is 30.5 Å². The average molecular weight is 853 g/mol. The molecular formula is C44H36Br2O8. The molecule has 0 saturated carbocycles. The minimum absolute atomic E-state index is 0.00594. The molecule has 0 aromatic heterocycles. The molecule has 2 aliphatic heterocycles. The number of hydrogen-bond donors (Lipinski definition) is 0. The Labute approximate surface area is 329 Å². The van der Waals surface area contributed by atoms with E-state index in [4.69, 9.17) is 28.4 Å². The highest BCUT2D eigenvalue weighted by atomic mass is 79.9. The molecule has 6 aromatic carbocycles. The van der Waals surface area contributed by atoms with Crippen molar-refractivity contribution in [2.24, 2.45) is 10.8 Å². The molecule has 2 aliphatic rings. The summed E-state index contributed by atoms with van der Waals surface area (Å²) in [6.07, 6.45) is 0. The van der Waals surface area contributed by atoms with E-state index in [1.165, 1.54) is 0 Å². The van der Waals surface area contributed by atoms with E-state index in [9.17, 15) is 9.59 Å². The standard InChI is InChI=1S/C44H36Br2O8/c1-43(21-49-22-43)25-51-33-11-3-27(4-12-33)41(47)53-37-17-7-29-19-31(45)9-15-35(29)39(37)40-36-16-10-32(46)20-30(36)8-18-38(40)54-42(48)28-5-13-34(14-6-28)52-26-44(2)23-50-24-44/h3-20H,21-26H2,1-2H3. The molecular weight excluding hydrogens is 816 g/mol. The number of hydrogen-bond acceptors (Lipinski definition) is 8. The van der Waals surface area contributed by atoms with Crippen LogP contribution in [0.5, 0.6) is 23.0 Å². The van der Waals surface area contributed by atoms with Gasteiger partial charge in [0.1, 0.15) is 23.0 Å². The van der Waals surface area contributed by atoms with Crippen molar-refractivity contribution in [3.63, 3.8) is 0 Å². The van der Waals surface area contributed by atoms with Gasteiger partial charge >= 0.3 is 11.9 Å². The first-order valence-electron chi connectivity index (χ1n) is 17.6. The van der Waals surface area contributed by atoms with Gasteiger partial charge in [-0.2, -0.15) is 0 Å². The Hall–Kier alpha value is -4.74. The first kappa shape index (κ1) is 36.2. The Balaban J connectivity index is 1.14. The van der Waals surface area contributed by atoms with Crippen LogP contribution >= 0.6 is 31.9 Å². The maximum atomic E-state index is 13.8. The van der Waals surface area contributed by atoms with Crippen LogP contribution in [0.1, 0.15) is 34.6 Å². The van der Waals surface area contributed by atoms with Crippen molar-refractivity contribution in [1.82, 2.24) is 0 Å². The van der Waals surface area contributed by atoms with Crippen LogP contribution in [-0.4, -0.2) is 51.6 Å². The third-order valence-electron chi connectivity index (χ3n) is 9.70. The van der Waals surface area contributed by atoms with E-state index in [2.05, 4.69) is 45.7 Å². The molecule has 0 atom stereocenters. The highest BCUT2D eigenvalue weighted by Crippen LogP contribution is 2.47. The van der Waals surface area contributed by atoms with E-state index in [0.29, 0.717) is 84.9 Å². The minimum atomic E-state index is -0.540. The van der Waals surface area contributed by atoms with Crippen LogP contribution in [0.4, 0.5) is 0 Å². The van der Waals surface area contributed by atoms with Crippen molar-refractivity contribution in [3.05, 3.63) is 129 Å². The van der Waals surface area contributed by atoms with Crippen LogP contribution in [0, 0.1) is 10.8 Å². The van der Waals surface area contributed by atoms with Gasteiger partial charge in [-0.25, -0.2) is 9.59 Å². The van der Waals surface area contributed by atoms with Crippen LogP contribution in [-0.2, 0) is 9.47 Å². The normalized spacial score (nSPS) is 15.6. The summed E-state index contributed by atoms with van der Waals surface area (Å²) >= 11 is 7.20. The smallest absolute Gasteiger partial charge is 0.343 e. The van der Waals surface area contributed by atoms with Crippen molar-refractivity contribution >= 4 is 65.3 Å². The summed E-state index contributed by atoms with van der Waals surface area (Å²) in [4.78, 5) is 27.6. The van der Waals surface area contributed by atoms with Gasteiger partial charge in [-0.1, -0.05) is 70.0 Å². The average Bonchev–Trinajstić information content (AvgIpc) is 3.15. The summed E-state index contributed by atoms with van der Waals surface area (Å²) in [5.41, 5.74) is 1.92. The molecule has 8 nitrogen and oxygen atoms in total. The fourth-order valence-corrected chi connectivity index (χ4v) is 7.28. The number of rotatable bonds is 11. The molecule has 0 aliphatic carbocycles. The van der Waals surface area contributed by atoms with Gasteiger partial charge in [0.2, 0.25) is 0 Å². The predicted molar refractivity (Wildman–Crippen MR) is 214 cm³/mol. The van der Waals surface area contributed by atoms with Crippen LogP contribution in [0.3, 0.4) is 0 Å². The fourth-order valence-electron chi connectivity index (χ4n) is 6.52. The molecule has 0 spiro atoms. The molecule has 2 fully saturated rings. The van der Waals surface area contributed by atoms with Gasteiger partial charge in [-0.15, -0.1) is 0 Å². The largest absolute Gasteiger partial charge is 0.493 e. The molecule has 2 heterocycles. The Morgan fingerprint density at radius 3 is 1.30 bits per heavy atom. The van der Waals surface area contributed by atoms with Crippen LogP contribution < -0.4 is 18.9 Å². The molecule has 8 rings (SSSR count). The van der Waals surface area contributed by atoms with E-state index < -0.39 is 11.9 Å². The second-order valence-electron chi connectivity index (χ2n) is 14.6. The third kappa shape index (κ3) is 7.61. The Bertz CT molecular complexity index is 2210. The number of benzene rings is 6. The zero-order valence-corrected chi connectivity index (χ0v) is 32.8. The highest BCUT2D eigenvalue weighted by Gasteiger charge is 2.35. The van der Waals surface area contributed by atoms with Crippen LogP contribution in [0.25, 0.3) is 32.7 Å². The monoisotopic (exact) mass is 850 g/mol.